The lowest BCUT2D eigenvalue weighted by Gasteiger charge is -2.08. The maximum absolute atomic E-state index is 11.6. The van der Waals surface area contributed by atoms with E-state index in [1.807, 2.05) is 12.1 Å². The molecule has 1 aromatic heterocycles. The maximum Gasteiger partial charge on any atom is 0.229 e. The highest BCUT2D eigenvalue weighted by atomic mass is 16.5. The van der Waals surface area contributed by atoms with Gasteiger partial charge in [0, 0.05) is 19.3 Å². The zero-order valence-corrected chi connectivity index (χ0v) is 10.7. The van der Waals surface area contributed by atoms with E-state index >= 15 is 0 Å². The minimum absolute atomic E-state index is 0.145. The van der Waals surface area contributed by atoms with Crippen molar-refractivity contribution in [3.05, 3.63) is 36.5 Å². The highest BCUT2D eigenvalue weighted by Crippen LogP contribution is 2.19. The van der Waals surface area contributed by atoms with Crippen LogP contribution in [-0.2, 0) is 11.8 Å². The molecule has 6 nitrogen and oxygen atoms in total. The van der Waals surface area contributed by atoms with Crippen LogP contribution in [0.5, 0.6) is 5.75 Å². The Labute approximate surface area is 111 Å². The number of rotatable bonds is 5. The summed E-state index contributed by atoms with van der Waals surface area (Å²) in [7, 11) is 1.79. The fraction of sp³-hybridized carbons (Fsp3) is 0.231. The van der Waals surface area contributed by atoms with Crippen LogP contribution in [0, 0.1) is 0 Å². The number of nitrogens with zero attached hydrogens (tertiary/aromatic N) is 2. The van der Waals surface area contributed by atoms with E-state index in [9.17, 15) is 4.79 Å². The smallest absolute Gasteiger partial charge is 0.229 e. The van der Waals surface area contributed by atoms with Crippen LogP contribution in [0.25, 0.3) is 0 Å². The Bertz CT molecular complexity index is 565. The number of carbonyl (C=O) groups excluding carboxylic acids is 1. The van der Waals surface area contributed by atoms with Crippen molar-refractivity contribution in [1.29, 1.82) is 0 Å². The molecule has 2 rings (SSSR count). The number of ether oxygens (including phenoxy) is 1. The molecule has 0 fully saturated rings. The second-order valence-electron chi connectivity index (χ2n) is 4.06. The first-order chi connectivity index (χ1) is 9.15. The molecule has 0 radical (unpaired) electrons. The molecule has 19 heavy (non-hydrogen) atoms. The summed E-state index contributed by atoms with van der Waals surface area (Å²) in [5.41, 5.74) is 6.29. The summed E-state index contributed by atoms with van der Waals surface area (Å²) in [6.07, 6.45) is 2.00. The van der Waals surface area contributed by atoms with Crippen molar-refractivity contribution in [1.82, 2.24) is 9.78 Å². The monoisotopic (exact) mass is 260 g/mol. The van der Waals surface area contributed by atoms with Crippen molar-refractivity contribution in [2.45, 2.75) is 6.42 Å². The Morgan fingerprint density at radius 1 is 1.42 bits per heavy atom. The Balaban J connectivity index is 1.77. The molecule has 0 saturated carbocycles. The van der Waals surface area contributed by atoms with Crippen LogP contribution >= 0.6 is 0 Å². The summed E-state index contributed by atoms with van der Waals surface area (Å²) in [4.78, 5) is 11.6. The Kier molecular flexibility index (Phi) is 4.02. The summed E-state index contributed by atoms with van der Waals surface area (Å²) in [5.74, 6) is 0.980. The van der Waals surface area contributed by atoms with Gasteiger partial charge in [0.25, 0.3) is 0 Å². The molecule has 1 aromatic carbocycles. The molecular formula is C13H16N4O2. The minimum Gasteiger partial charge on any atom is -0.491 e. The summed E-state index contributed by atoms with van der Waals surface area (Å²) < 4.78 is 7.06. The molecule has 0 aliphatic heterocycles. The number of benzene rings is 1. The van der Waals surface area contributed by atoms with Gasteiger partial charge in [0.2, 0.25) is 5.91 Å². The highest BCUT2D eigenvalue weighted by molar-refractivity contribution is 5.89. The van der Waals surface area contributed by atoms with Crippen molar-refractivity contribution < 1.29 is 9.53 Å². The molecule has 6 heteroatoms. The zero-order chi connectivity index (χ0) is 13.7. The van der Waals surface area contributed by atoms with Crippen LogP contribution in [0.3, 0.4) is 0 Å². The average molecular weight is 260 g/mol. The third kappa shape index (κ3) is 3.74. The Hall–Kier alpha value is -2.50. The predicted octanol–water partition coefficient (Wildman–Crippen LogP) is 1.41. The second kappa shape index (κ2) is 5.90. The van der Waals surface area contributed by atoms with Gasteiger partial charge in [-0.25, -0.2) is 0 Å². The molecule has 0 unspecified atom stereocenters. The van der Waals surface area contributed by atoms with Crippen LogP contribution < -0.4 is 15.8 Å². The third-order valence-corrected chi connectivity index (χ3v) is 2.49. The van der Waals surface area contributed by atoms with E-state index in [1.54, 1.807) is 36.1 Å². The van der Waals surface area contributed by atoms with Crippen molar-refractivity contribution in [2.24, 2.45) is 7.05 Å². The van der Waals surface area contributed by atoms with Crippen molar-refractivity contribution in [2.75, 3.05) is 17.7 Å². The lowest BCUT2D eigenvalue weighted by molar-refractivity contribution is -0.116. The number of hydrogen-bond acceptors (Lipinski definition) is 4. The first kappa shape index (κ1) is 12.9. The number of carbonyl (C=O) groups is 1. The lowest BCUT2D eigenvalue weighted by atomic mass is 10.3. The standard InChI is InChI=1S/C13H16N4O2/c1-17-8-6-12(16-17)15-13(18)7-9-19-11-5-3-2-4-10(11)14/h2-6,8H,7,9,14H2,1H3,(H,15,16,18). The summed E-state index contributed by atoms with van der Waals surface area (Å²) in [6, 6.07) is 8.92. The van der Waals surface area contributed by atoms with Gasteiger partial charge in [-0.05, 0) is 12.1 Å². The first-order valence-corrected chi connectivity index (χ1v) is 5.92. The molecule has 1 heterocycles. The topological polar surface area (TPSA) is 82.2 Å². The molecular weight excluding hydrogens is 244 g/mol. The van der Waals surface area contributed by atoms with Crippen molar-refractivity contribution in [3.63, 3.8) is 0 Å². The van der Waals surface area contributed by atoms with Gasteiger partial charge < -0.3 is 15.8 Å². The lowest BCUT2D eigenvalue weighted by Crippen LogP contribution is -2.15. The van der Waals surface area contributed by atoms with Gasteiger partial charge in [-0.1, -0.05) is 12.1 Å². The normalized spacial score (nSPS) is 10.2. The van der Waals surface area contributed by atoms with Crippen LogP contribution in [0.1, 0.15) is 6.42 Å². The van der Waals surface area contributed by atoms with E-state index in [0.29, 0.717) is 17.3 Å². The van der Waals surface area contributed by atoms with E-state index in [0.717, 1.165) is 0 Å². The quantitative estimate of drug-likeness (QED) is 0.796. The molecule has 0 aliphatic rings. The van der Waals surface area contributed by atoms with Crippen LogP contribution in [0.15, 0.2) is 36.5 Å². The number of aryl methyl sites for hydroxylation is 1. The van der Waals surface area contributed by atoms with E-state index < -0.39 is 0 Å². The molecule has 100 valence electrons. The maximum atomic E-state index is 11.6. The average Bonchev–Trinajstić information content (AvgIpc) is 2.77. The molecule has 3 N–H and O–H groups in total. The van der Waals surface area contributed by atoms with E-state index in [1.165, 1.54) is 0 Å². The number of anilines is 2. The predicted molar refractivity (Wildman–Crippen MR) is 72.8 cm³/mol. The highest BCUT2D eigenvalue weighted by Gasteiger charge is 2.05. The Morgan fingerprint density at radius 3 is 2.89 bits per heavy atom. The molecule has 2 aromatic rings. The van der Waals surface area contributed by atoms with Crippen LogP contribution in [0.4, 0.5) is 11.5 Å². The molecule has 0 spiro atoms. The number of nitrogens with two attached hydrogens (primary N) is 1. The second-order valence-corrected chi connectivity index (χ2v) is 4.06. The summed E-state index contributed by atoms with van der Waals surface area (Å²) in [5, 5.41) is 6.74. The van der Waals surface area contributed by atoms with Gasteiger partial charge in [-0.2, -0.15) is 5.10 Å². The van der Waals surface area contributed by atoms with Gasteiger partial charge in [0.15, 0.2) is 5.82 Å². The number of hydrogen-bond donors (Lipinski definition) is 2. The number of nitrogens with one attached hydrogen (secondary N) is 1. The number of aromatic nitrogens is 2. The SMILES string of the molecule is Cn1ccc(NC(=O)CCOc2ccccc2N)n1. The van der Waals surface area contributed by atoms with Gasteiger partial charge in [-0.15, -0.1) is 0 Å². The molecule has 0 saturated heterocycles. The molecule has 0 atom stereocenters. The zero-order valence-electron chi connectivity index (χ0n) is 10.7. The summed E-state index contributed by atoms with van der Waals surface area (Å²) in [6.45, 7) is 0.271. The first-order valence-electron chi connectivity index (χ1n) is 5.92. The fourth-order valence-corrected chi connectivity index (χ4v) is 1.55. The molecule has 0 bridgehead atoms. The van der Waals surface area contributed by atoms with Gasteiger partial charge >= 0.3 is 0 Å². The largest absolute Gasteiger partial charge is 0.491 e. The van der Waals surface area contributed by atoms with Crippen LogP contribution in [0.2, 0.25) is 0 Å². The molecule has 0 aliphatic carbocycles. The third-order valence-electron chi connectivity index (χ3n) is 2.49. The number of nitrogen functional groups attached to an aromatic ring is 1. The van der Waals surface area contributed by atoms with E-state index in [4.69, 9.17) is 10.5 Å². The van der Waals surface area contributed by atoms with Gasteiger partial charge in [0.05, 0.1) is 18.7 Å². The van der Waals surface area contributed by atoms with Gasteiger partial charge in [-0.3, -0.25) is 9.48 Å². The minimum atomic E-state index is -0.145. The fourth-order valence-electron chi connectivity index (χ4n) is 1.55. The van der Waals surface area contributed by atoms with Crippen molar-refractivity contribution >= 4 is 17.4 Å². The van der Waals surface area contributed by atoms with Crippen molar-refractivity contribution in [3.8, 4) is 5.75 Å². The summed E-state index contributed by atoms with van der Waals surface area (Å²) >= 11 is 0. The Morgan fingerprint density at radius 2 is 2.21 bits per heavy atom. The van der Waals surface area contributed by atoms with E-state index in [-0.39, 0.29) is 18.9 Å². The molecule has 1 amide bonds. The number of para-hydroxylation sites is 2. The van der Waals surface area contributed by atoms with Gasteiger partial charge in [0.1, 0.15) is 5.75 Å². The van der Waals surface area contributed by atoms with E-state index in [2.05, 4.69) is 10.4 Å². The van der Waals surface area contributed by atoms with Crippen LogP contribution in [-0.4, -0.2) is 22.3 Å². The number of amides is 1.